The zero-order valence-corrected chi connectivity index (χ0v) is 20.2. The van der Waals surface area contributed by atoms with Crippen LogP contribution in [0.1, 0.15) is 27.2 Å². The zero-order chi connectivity index (χ0) is 24.1. The molecule has 3 aromatic carbocycles. The Labute approximate surface area is 212 Å². The van der Waals surface area contributed by atoms with Crippen LogP contribution in [-0.2, 0) is 19.4 Å². The van der Waals surface area contributed by atoms with Gasteiger partial charge >= 0.3 is 5.97 Å². The van der Waals surface area contributed by atoms with Crippen molar-refractivity contribution in [1.82, 2.24) is 4.98 Å². The fourth-order valence-electron chi connectivity index (χ4n) is 3.62. The molecule has 0 bridgehead atoms. The van der Waals surface area contributed by atoms with Crippen LogP contribution in [0.3, 0.4) is 0 Å². The van der Waals surface area contributed by atoms with E-state index in [1.54, 1.807) is 30.3 Å². The Hall–Kier alpha value is -3.05. The Morgan fingerprint density at radius 2 is 1.53 bits per heavy atom. The number of aromatic nitrogens is 1. The molecule has 4 aromatic rings. The second-order valence-electron chi connectivity index (χ2n) is 7.69. The molecule has 0 saturated heterocycles. The summed E-state index contributed by atoms with van der Waals surface area (Å²) >= 11 is 18.4. The number of hydrogen-bond donors (Lipinski definition) is 1. The highest BCUT2D eigenvalue weighted by Gasteiger charge is 2.16. The highest BCUT2D eigenvalue weighted by Crippen LogP contribution is 2.33. The van der Waals surface area contributed by atoms with E-state index in [0.717, 1.165) is 16.7 Å². The predicted molar refractivity (Wildman–Crippen MR) is 136 cm³/mol. The lowest BCUT2D eigenvalue weighted by Crippen LogP contribution is -2.07. The maximum absolute atomic E-state index is 11.8. The fraction of sp³-hybridized carbons (Fsp3) is 0.111. The van der Waals surface area contributed by atoms with Crippen molar-refractivity contribution >= 4 is 40.8 Å². The minimum absolute atomic E-state index is 0.151. The highest BCUT2D eigenvalue weighted by atomic mass is 35.5. The van der Waals surface area contributed by atoms with Crippen molar-refractivity contribution in [2.45, 2.75) is 19.4 Å². The van der Waals surface area contributed by atoms with Crippen LogP contribution in [0.4, 0.5) is 0 Å². The molecule has 0 saturated carbocycles. The molecule has 4 nitrogen and oxygen atoms in total. The van der Waals surface area contributed by atoms with Crippen LogP contribution in [0.2, 0.25) is 15.1 Å². The van der Waals surface area contributed by atoms with Crippen LogP contribution in [0.5, 0.6) is 5.75 Å². The van der Waals surface area contributed by atoms with E-state index in [1.165, 1.54) is 0 Å². The monoisotopic (exact) mass is 511 g/mol. The third-order valence-corrected chi connectivity index (χ3v) is 5.91. The predicted octanol–water partition coefficient (Wildman–Crippen LogP) is 7.77. The van der Waals surface area contributed by atoms with Crippen molar-refractivity contribution in [2.24, 2.45) is 0 Å². The summed E-state index contributed by atoms with van der Waals surface area (Å²) in [5, 5.41) is 11.3. The van der Waals surface area contributed by atoms with Crippen LogP contribution in [0.15, 0.2) is 78.9 Å². The summed E-state index contributed by atoms with van der Waals surface area (Å²) in [6.45, 7) is 0.365. The number of halogens is 3. The summed E-state index contributed by atoms with van der Waals surface area (Å²) in [5.41, 5.74) is 3.86. The molecule has 1 heterocycles. The minimum Gasteiger partial charge on any atom is -0.488 e. The molecule has 0 radical (unpaired) electrons. The van der Waals surface area contributed by atoms with Gasteiger partial charge in [-0.1, -0.05) is 65.1 Å². The molecular formula is C27H20Cl3NO3. The van der Waals surface area contributed by atoms with Gasteiger partial charge in [-0.15, -0.1) is 0 Å². The number of hydrogen-bond acceptors (Lipinski definition) is 3. The van der Waals surface area contributed by atoms with Crippen molar-refractivity contribution in [3.05, 3.63) is 116 Å². The molecular weight excluding hydrogens is 493 g/mol. The van der Waals surface area contributed by atoms with E-state index >= 15 is 0 Å². The Balaban J connectivity index is 1.64. The first-order valence-electron chi connectivity index (χ1n) is 10.5. The SMILES string of the molecule is O=C(O)c1ccc(-c2ccc(Cl)cc2OCc2ccccc2)nc1CCc1cc(Cl)cc(Cl)c1. The van der Waals surface area contributed by atoms with Crippen LogP contribution >= 0.6 is 34.8 Å². The summed E-state index contributed by atoms with van der Waals surface area (Å²) in [4.78, 5) is 16.5. The van der Waals surface area contributed by atoms with Gasteiger partial charge in [0.25, 0.3) is 0 Å². The fourth-order valence-corrected chi connectivity index (χ4v) is 4.35. The summed E-state index contributed by atoms with van der Waals surface area (Å²) < 4.78 is 6.06. The van der Waals surface area contributed by atoms with Gasteiger partial charge in [-0.3, -0.25) is 4.98 Å². The molecule has 0 aliphatic rings. The third-order valence-electron chi connectivity index (χ3n) is 5.23. The number of pyridine rings is 1. The normalized spacial score (nSPS) is 10.8. The topological polar surface area (TPSA) is 59.4 Å². The molecule has 172 valence electrons. The van der Waals surface area contributed by atoms with Crippen LogP contribution in [-0.4, -0.2) is 16.1 Å². The number of aryl methyl sites for hydroxylation is 2. The number of carbonyl (C=O) groups is 1. The molecule has 0 atom stereocenters. The lowest BCUT2D eigenvalue weighted by Gasteiger charge is -2.14. The van der Waals surface area contributed by atoms with Gasteiger partial charge in [0.2, 0.25) is 0 Å². The van der Waals surface area contributed by atoms with Gasteiger partial charge in [0.15, 0.2) is 0 Å². The molecule has 0 aliphatic carbocycles. The van der Waals surface area contributed by atoms with Crippen LogP contribution in [0, 0.1) is 0 Å². The van der Waals surface area contributed by atoms with E-state index in [0.29, 0.717) is 51.7 Å². The molecule has 0 unspecified atom stereocenters. The summed E-state index contributed by atoms with van der Waals surface area (Å²) in [7, 11) is 0. The van der Waals surface area contributed by atoms with Gasteiger partial charge in [0.1, 0.15) is 12.4 Å². The quantitative estimate of drug-likeness (QED) is 0.262. The van der Waals surface area contributed by atoms with E-state index in [2.05, 4.69) is 0 Å². The molecule has 1 aromatic heterocycles. The summed E-state index contributed by atoms with van der Waals surface area (Å²) in [5.74, 6) is -0.464. The Bertz CT molecular complexity index is 1310. The number of carboxylic acid groups (broad SMARTS) is 1. The van der Waals surface area contributed by atoms with Gasteiger partial charge in [0.05, 0.1) is 17.0 Å². The number of carboxylic acids is 1. The first-order chi connectivity index (χ1) is 16.4. The van der Waals surface area contributed by atoms with Gasteiger partial charge in [-0.05, 0) is 72.5 Å². The number of benzene rings is 3. The van der Waals surface area contributed by atoms with Crippen LogP contribution in [0.25, 0.3) is 11.3 Å². The molecule has 1 N–H and O–H groups in total. The smallest absolute Gasteiger partial charge is 0.337 e. The second-order valence-corrected chi connectivity index (χ2v) is 9.00. The number of nitrogens with zero attached hydrogens (tertiary/aromatic N) is 1. The van der Waals surface area contributed by atoms with Crippen molar-refractivity contribution in [3.8, 4) is 17.0 Å². The number of ether oxygens (including phenoxy) is 1. The standard InChI is InChI=1S/C27H20Cl3NO3/c28-19-7-8-22(26(15-19)34-16-17-4-2-1-3-5-17)24-11-9-23(27(32)33)25(31-24)10-6-18-12-20(29)14-21(30)13-18/h1-5,7-9,11-15H,6,10,16H2,(H,32,33). The first kappa shape index (κ1) is 24.1. The van der Waals surface area contributed by atoms with Crippen molar-refractivity contribution in [2.75, 3.05) is 0 Å². The lowest BCUT2D eigenvalue weighted by molar-refractivity contribution is 0.0695. The number of aromatic carboxylic acids is 1. The third kappa shape index (κ3) is 6.09. The largest absolute Gasteiger partial charge is 0.488 e. The zero-order valence-electron chi connectivity index (χ0n) is 18.0. The Kier molecular flexibility index (Phi) is 7.73. The second kappa shape index (κ2) is 10.9. The van der Waals surface area contributed by atoms with E-state index in [4.69, 9.17) is 44.5 Å². The lowest BCUT2D eigenvalue weighted by atomic mass is 10.0. The maximum Gasteiger partial charge on any atom is 0.337 e. The van der Waals surface area contributed by atoms with Gasteiger partial charge in [-0.25, -0.2) is 4.79 Å². The van der Waals surface area contributed by atoms with E-state index < -0.39 is 5.97 Å². The molecule has 0 fully saturated rings. The molecule has 0 amide bonds. The molecule has 0 aliphatic heterocycles. The minimum atomic E-state index is -1.03. The maximum atomic E-state index is 11.8. The summed E-state index contributed by atoms with van der Waals surface area (Å²) in [6.07, 6.45) is 0.939. The van der Waals surface area contributed by atoms with Gasteiger partial charge in [-0.2, -0.15) is 0 Å². The van der Waals surface area contributed by atoms with E-state index in [-0.39, 0.29) is 5.56 Å². The molecule has 4 rings (SSSR count). The highest BCUT2D eigenvalue weighted by molar-refractivity contribution is 6.34. The molecule has 7 heteroatoms. The molecule has 34 heavy (non-hydrogen) atoms. The van der Waals surface area contributed by atoms with Crippen molar-refractivity contribution in [1.29, 1.82) is 0 Å². The number of rotatable bonds is 8. The van der Waals surface area contributed by atoms with E-state index in [1.807, 2.05) is 48.5 Å². The molecule has 0 spiro atoms. The van der Waals surface area contributed by atoms with Crippen molar-refractivity contribution < 1.29 is 14.6 Å². The first-order valence-corrected chi connectivity index (χ1v) is 11.7. The average molecular weight is 513 g/mol. The summed E-state index contributed by atoms with van der Waals surface area (Å²) in [6, 6.07) is 23.6. The van der Waals surface area contributed by atoms with Gasteiger partial charge < -0.3 is 9.84 Å². The van der Waals surface area contributed by atoms with Crippen molar-refractivity contribution in [3.63, 3.8) is 0 Å². The van der Waals surface area contributed by atoms with Gasteiger partial charge in [0, 0.05) is 20.6 Å². The van der Waals surface area contributed by atoms with Crippen LogP contribution < -0.4 is 4.74 Å². The Morgan fingerprint density at radius 3 is 2.24 bits per heavy atom. The average Bonchev–Trinajstić information content (AvgIpc) is 2.81. The Morgan fingerprint density at radius 1 is 0.794 bits per heavy atom. The van der Waals surface area contributed by atoms with E-state index in [9.17, 15) is 9.90 Å².